The quantitative estimate of drug-likeness (QED) is 0.643. The maximum Gasteiger partial charge on any atom is 0.273 e. The molecule has 0 aliphatic carbocycles. The van der Waals surface area contributed by atoms with Gasteiger partial charge in [-0.05, 0) is 38.1 Å². The van der Waals surface area contributed by atoms with Gasteiger partial charge in [0.15, 0.2) is 0 Å². The van der Waals surface area contributed by atoms with Gasteiger partial charge in [-0.3, -0.25) is 20.4 Å². The second kappa shape index (κ2) is 7.26. The molecule has 0 spiro atoms. The van der Waals surface area contributed by atoms with Crippen molar-refractivity contribution in [2.75, 3.05) is 5.32 Å². The van der Waals surface area contributed by atoms with E-state index in [2.05, 4.69) is 21.2 Å². The Morgan fingerprint density at radius 1 is 1.00 bits per heavy atom. The Morgan fingerprint density at radius 3 is 2.26 bits per heavy atom. The predicted molar refractivity (Wildman–Crippen MR) is 86.0 cm³/mol. The minimum absolute atomic E-state index is 0.0690. The number of aromatic nitrogens is 1. The Morgan fingerprint density at radius 2 is 1.61 bits per heavy atom. The van der Waals surface area contributed by atoms with Gasteiger partial charge in [0.25, 0.3) is 11.8 Å². The van der Waals surface area contributed by atoms with Crippen LogP contribution in [0.2, 0.25) is 0 Å². The summed E-state index contributed by atoms with van der Waals surface area (Å²) in [6, 6.07) is 9.39. The van der Waals surface area contributed by atoms with Crippen LogP contribution in [0.15, 0.2) is 42.6 Å². The highest BCUT2D eigenvalue weighted by molar-refractivity contribution is 6.02. The Hall–Kier alpha value is -3.09. The number of nitrogens with zero attached hydrogens (tertiary/aromatic N) is 1. The van der Waals surface area contributed by atoms with Gasteiger partial charge >= 0.3 is 0 Å². The molecule has 120 valence electrons. The van der Waals surface area contributed by atoms with Crippen LogP contribution in [0.1, 0.15) is 34.6 Å². The molecular formula is C16H18N4O3. The Bertz CT molecular complexity index is 716. The third-order valence-electron chi connectivity index (χ3n) is 2.92. The number of hydrogen-bond acceptors (Lipinski definition) is 5. The molecule has 1 aromatic carbocycles. The number of rotatable bonds is 4. The fourth-order valence-corrected chi connectivity index (χ4v) is 1.89. The summed E-state index contributed by atoms with van der Waals surface area (Å²) in [5, 5.41) is 12.7. The molecule has 7 nitrogen and oxygen atoms in total. The summed E-state index contributed by atoms with van der Waals surface area (Å²) in [4.78, 5) is 28.3. The predicted octanol–water partition coefficient (Wildman–Crippen LogP) is 1.68. The molecule has 1 heterocycles. The number of pyridine rings is 1. The molecule has 0 unspecified atom stereocenters. The molecule has 2 amide bonds. The van der Waals surface area contributed by atoms with Gasteiger partial charge in [0.05, 0.1) is 11.1 Å². The van der Waals surface area contributed by atoms with Gasteiger partial charge in [0.1, 0.15) is 11.6 Å². The first kappa shape index (κ1) is 16.3. The third kappa shape index (κ3) is 4.19. The molecule has 0 fully saturated rings. The zero-order valence-corrected chi connectivity index (χ0v) is 12.8. The summed E-state index contributed by atoms with van der Waals surface area (Å²) >= 11 is 0. The molecule has 2 aromatic rings. The first-order valence-electron chi connectivity index (χ1n) is 7.09. The van der Waals surface area contributed by atoms with Crippen molar-refractivity contribution in [1.82, 2.24) is 15.8 Å². The SMILES string of the molecule is CC(C)Nc1ncccc1C(=O)NNC(=O)c1ccccc1O. The summed E-state index contributed by atoms with van der Waals surface area (Å²) < 4.78 is 0. The molecule has 23 heavy (non-hydrogen) atoms. The van der Waals surface area contributed by atoms with Crippen LogP contribution in [0.3, 0.4) is 0 Å². The molecular weight excluding hydrogens is 296 g/mol. The fourth-order valence-electron chi connectivity index (χ4n) is 1.89. The van der Waals surface area contributed by atoms with Crippen molar-refractivity contribution in [2.45, 2.75) is 19.9 Å². The smallest absolute Gasteiger partial charge is 0.273 e. The van der Waals surface area contributed by atoms with E-state index in [-0.39, 0.29) is 17.4 Å². The topological polar surface area (TPSA) is 103 Å². The van der Waals surface area contributed by atoms with E-state index in [9.17, 15) is 14.7 Å². The molecule has 0 atom stereocenters. The summed E-state index contributed by atoms with van der Waals surface area (Å²) in [7, 11) is 0. The van der Waals surface area contributed by atoms with E-state index >= 15 is 0 Å². The maximum atomic E-state index is 12.2. The first-order valence-corrected chi connectivity index (χ1v) is 7.09. The summed E-state index contributed by atoms with van der Waals surface area (Å²) in [6.45, 7) is 3.85. The number of aromatic hydroxyl groups is 1. The van der Waals surface area contributed by atoms with Gasteiger partial charge in [-0.25, -0.2) is 4.98 Å². The lowest BCUT2D eigenvalue weighted by atomic mass is 10.2. The molecule has 2 rings (SSSR count). The largest absolute Gasteiger partial charge is 0.507 e. The number of anilines is 1. The number of hydrazine groups is 1. The van der Waals surface area contributed by atoms with Crippen molar-refractivity contribution in [3.8, 4) is 5.75 Å². The number of carbonyl (C=O) groups excluding carboxylic acids is 2. The van der Waals surface area contributed by atoms with Gasteiger partial charge in [-0.15, -0.1) is 0 Å². The molecule has 0 aliphatic rings. The van der Waals surface area contributed by atoms with Crippen LogP contribution >= 0.6 is 0 Å². The second-order valence-corrected chi connectivity index (χ2v) is 5.12. The molecule has 0 saturated carbocycles. The fraction of sp³-hybridized carbons (Fsp3) is 0.188. The van der Waals surface area contributed by atoms with Crippen LogP contribution in [0, 0.1) is 0 Å². The molecule has 0 bridgehead atoms. The zero-order chi connectivity index (χ0) is 16.8. The van der Waals surface area contributed by atoms with Crippen molar-refractivity contribution in [3.63, 3.8) is 0 Å². The van der Waals surface area contributed by atoms with Crippen molar-refractivity contribution >= 4 is 17.6 Å². The number of para-hydroxylation sites is 1. The van der Waals surface area contributed by atoms with Crippen molar-refractivity contribution in [2.24, 2.45) is 0 Å². The Kier molecular flexibility index (Phi) is 5.14. The maximum absolute atomic E-state index is 12.2. The highest BCUT2D eigenvalue weighted by atomic mass is 16.3. The van der Waals surface area contributed by atoms with Gasteiger partial charge in [-0.1, -0.05) is 12.1 Å². The van der Waals surface area contributed by atoms with Crippen molar-refractivity contribution in [3.05, 3.63) is 53.7 Å². The van der Waals surface area contributed by atoms with Crippen LogP contribution < -0.4 is 16.2 Å². The lowest BCUT2D eigenvalue weighted by Gasteiger charge is -2.13. The van der Waals surface area contributed by atoms with E-state index in [1.54, 1.807) is 30.5 Å². The van der Waals surface area contributed by atoms with E-state index in [4.69, 9.17) is 0 Å². The molecule has 0 aliphatic heterocycles. The monoisotopic (exact) mass is 314 g/mol. The van der Waals surface area contributed by atoms with E-state index < -0.39 is 11.8 Å². The minimum atomic E-state index is -0.612. The van der Waals surface area contributed by atoms with Crippen molar-refractivity contribution < 1.29 is 14.7 Å². The van der Waals surface area contributed by atoms with Crippen LogP contribution in [-0.4, -0.2) is 27.9 Å². The number of phenols is 1. The van der Waals surface area contributed by atoms with Gasteiger partial charge in [0, 0.05) is 12.2 Å². The number of carbonyl (C=O) groups is 2. The van der Waals surface area contributed by atoms with E-state index in [0.717, 1.165) is 0 Å². The van der Waals surface area contributed by atoms with Crippen LogP contribution in [0.25, 0.3) is 0 Å². The molecule has 7 heteroatoms. The highest BCUT2D eigenvalue weighted by Crippen LogP contribution is 2.15. The second-order valence-electron chi connectivity index (χ2n) is 5.12. The van der Waals surface area contributed by atoms with Crippen LogP contribution in [0.5, 0.6) is 5.75 Å². The number of amides is 2. The van der Waals surface area contributed by atoms with Crippen LogP contribution in [0.4, 0.5) is 5.82 Å². The lowest BCUT2D eigenvalue weighted by Crippen LogP contribution is -2.42. The van der Waals surface area contributed by atoms with Crippen LogP contribution in [-0.2, 0) is 0 Å². The molecule has 0 radical (unpaired) electrons. The normalized spacial score (nSPS) is 10.2. The average Bonchev–Trinajstić information content (AvgIpc) is 2.52. The standard InChI is InChI=1S/C16H18N4O3/c1-10(2)18-14-12(7-5-9-17-14)16(23)20-19-15(22)11-6-3-4-8-13(11)21/h3-10,21H,1-2H3,(H,17,18)(H,19,22)(H,20,23). The Labute approximate surface area is 133 Å². The number of benzene rings is 1. The number of phenolic OH excluding ortho intramolecular Hbond substituents is 1. The van der Waals surface area contributed by atoms with E-state index in [0.29, 0.717) is 11.4 Å². The van der Waals surface area contributed by atoms with Gasteiger partial charge in [0.2, 0.25) is 0 Å². The van der Waals surface area contributed by atoms with E-state index in [1.165, 1.54) is 12.1 Å². The number of nitrogens with one attached hydrogen (secondary N) is 3. The Balaban J connectivity index is 2.06. The highest BCUT2D eigenvalue weighted by Gasteiger charge is 2.15. The zero-order valence-electron chi connectivity index (χ0n) is 12.8. The first-order chi connectivity index (χ1) is 11.0. The average molecular weight is 314 g/mol. The van der Waals surface area contributed by atoms with Gasteiger partial charge in [-0.2, -0.15) is 0 Å². The molecule has 0 saturated heterocycles. The third-order valence-corrected chi connectivity index (χ3v) is 2.92. The minimum Gasteiger partial charge on any atom is -0.507 e. The molecule has 1 aromatic heterocycles. The van der Waals surface area contributed by atoms with Crippen molar-refractivity contribution in [1.29, 1.82) is 0 Å². The summed E-state index contributed by atoms with van der Waals surface area (Å²) in [5.74, 6) is -0.858. The number of hydrogen-bond donors (Lipinski definition) is 4. The summed E-state index contributed by atoms with van der Waals surface area (Å²) in [5.41, 5.74) is 4.95. The summed E-state index contributed by atoms with van der Waals surface area (Å²) in [6.07, 6.45) is 1.57. The van der Waals surface area contributed by atoms with Gasteiger partial charge < -0.3 is 10.4 Å². The lowest BCUT2D eigenvalue weighted by molar-refractivity contribution is 0.0845. The molecule has 4 N–H and O–H groups in total. The van der Waals surface area contributed by atoms with E-state index in [1.807, 2.05) is 13.8 Å².